The maximum Gasteiger partial charge on any atom is 0.271 e. The molecule has 0 aliphatic carbocycles. The molecule has 0 saturated heterocycles. The lowest BCUT2D eigenvalue weighted by atomic mass is 10.2. The van der Waals surface area contributed by atoms with Crippen molar-refractivity contribution in [1.82, 2.24) is 5.43 Å². The molecule has 2 aromatic carbocycles. The number of ether oxygens (including phenoxy) is 3. The van der Waals surface area contributed by atoms with E-state index in [1.165, 1.54) is 13.3 Å². The van der Waals surface area contributed by atoms with Crippen molar-refractivity contribution in [2.24, 2.45) is 5.10 Å². The lowest BCUT2D eigenvalue weighted by Gasteiger charge is -2.10. The summed E-state index contributed by atoms with van der Waals surface area (Å²) in [5, 5.41) is 4.72. The number of nitrogens with one attached hydrogen (secondary N) is 1. The topological polar surface area (TPSA) is 69.2 Å². The van der Waals surface area contributed by atoms with E-state index in [9.17, 15) is 4.79 Å². The Hall–Kier alpha value is -2.44. The lowest BCUT2D eigenvalue weighted by molar-refractivity contribution is 0.0954. The zero-order chi connectivity index (χ0) is 20.5. The summed E-state index contributed by atoms with van der Waals surface area (Å²) in [7, 11) is 1.54. The maximum atomic E-state index is 12.3. The van der Waals surface area contributed by atoms with Crippen molar-refractivity contribution in [1.29, 1.82) is 0 Å². The number of carbonyl (C=O) groups is 1. The zero-order valence-corrected chi connectivity index (χ0v) is 17.4. The highest BCUT2D eigenvalue weighted by atomic mass is 35.5. The summed E-state index contributed by atoms with van der Waals surface area (Å²) in [6.07, 6.45) is 2.30. The second-order valence-electron chi connectivity index (χ2n) is 5.66. The Kier molecular flexibility index (Phi) is 8.42. The molecule has 28 heavy (non-hydrogen) atoms. The van der Waals surface area contributed by atoms with Crippen molar-refractivity contribution in [2.75, 3.05) is 20.3 Å². The number of amides is 1. The van der Waals surface area contributed by atoms with Crippen LogP contribution in [-0.4, -0.2) is 32.4 Å². The van der Waals surface area contributed by atoms with Crippen LogP contribution < -0.4 is 19.6 Å². The summed E-state index contributed by atoms with van der Waals surface area (Å²) in [4.78, 5) is 12.3. The fraction of sp³-hybridized carbons (Fsp3) is 0.300. The van der Waals surface area contributed by atoms with Gasteiger partial charge in [-0.25, -0.2) is 5.43 Å². The van der Waals surface area contributed by atoms with E-state index in [0.29, 0.717) is 51.6 Å². The number of halogens is 2. The van der Waals surface area contributed by atoms with Gasteiger partial charge in [-0.05, 0) is 49.2 Å². The van der Waals surface area contributed by atoms with Crippen LogP contribution in [0.2, 0.25) is 10.0 Å². The standard InChI is InChI=1S/C20H22Cl2N2O4/c1-4-8-28-19-15(21)9-13(10-16(19)22)12-23-24-20(25)14-6-7-17(26-3)18(11-14)27-5-2/h6-7,9-12H,4-5,8H2,1-3H3,(H,24,25)/b23-12+. The predicted molar refractivity (Wildman–Crippen MR) is 111 cm³/mol. The summed E-state index contributed by atoms with van der Waals surface area (Å²) < 4.78 is 16.2. The van der Waals surface area contributed by atoms with Crippen LogP contribution in [0.1, 0.15) is 36.2 Å². The molecular weight excluding hydrogens is 403 g/mol. The maximum absolute atomic E-state index is 12.3. The average Bonchev–Trinajstić information content (AvgIpc) is 2.67. The van der Waals surface area contributed by atoms with Gasteiger partial charge >= 0.3 is 0 Å². The van der Waals surface area contributed by atoms with Gasteiger partial charge in [-0.1, -0.05) is 30.1 Å². The fourth-order valence-electron chi connectivity index (χ4n) is 2.31. The van der Waals surface area contributed by atoms with Gasteiger partial charge in [0.2, 0.25) is 0 Å². The first-order valence-electron chi connectivity index (χ1n) is 8.76. The fourth-order valence-corrected chi connectivity index (χ4v) is 2.93. The van der Waals surface area contributed by atoms with Gasteiger partial charge in [0.25, 0.3) is 5.91 Å². The summed E-state index contributed by atoms with van der Waals surface area (Å²) in [5.41, 5.74) is 3.48. The van der Waals surface area contributed by atoms with Crippen molar-refractivity contribution < 1.29 is 19.0 Å². The molecule has 0 aliphatic rings. The highest BCUT2D eigenvalue weighted by molar-refractivity contribution is 6.37. The van der Waals surface area contributed by atoms with Crippen LogP contribution >= 0.6 is 23.2 Å². The Morgan fingerprint density at radius 1 is 1.11 bits per heavy atom. The predicted octanol–water partition coefficient (Wildman–Crippen LogP) is 4.95. The van der Waals surface area contributed by atoms with Gasteiger partial charge in [0.05, 0.1) is 36.6 Å². The quantitative estimate of drug-likeness (QED) is 0.456. The molecule has 0 atom stereocenters. The first kappa shape index (κ1) is 21.9. The van der Waals surface area contributed by atoms with Gasteiger partial charge in [-0.15, -0.1) is 0 Å². The Bertz CT molecular complexity index is 833. The van der Waals surface area contributed by atoms with Crippen molar-refractivity contribution in [3.8, 4) is 17.2 Å². The van der Waals surface area contributed by atoms with Crippen molar-refractivity contribution >= 4 is 35.3 Å². The Balaban J connectivity index is 2.08. The number of hydrogen-bond acceptors (Lipinski definition) is 5. The molecule has 0 fully saturated rings. The minimum atomic E-state index is -0.389. The number of hydrazone groups is 1. The van der Waals surface area contributed by atoms with E-state index < -0.39 is 0 Å². The Labute approximate surface area is 174 Å². The van der Waals surface area contributed by atoms with E-state index in [-0.39, 0.29) is 5.91 Å². The molecule has 0 bridgehead atoms. The summed E-state index contributed by atoms with van der Waals surface area (Å²) >= 11 is 12.4. The minimum Gasteiger partial charge on any atom is -0.493 e. The largest absolute Gasteiger partial charge is 0.493 e. The summed E-state index contributed by atoms with van der Waals surface area (Å²) in [5.74, 6) is 1.09. The van der Waals surface area contributed by atoms with Crippen molar-refractivity contribution in [3.05, 3.63) is 51.5 Å². The molecule has 0 unspecified atom stereocenters. The van der Waals surface area contributed by atoms with E-state index in [1.807, 2.05) is 13.8 Å². The third kappa shape index (κ3) is 5.78. The van der Waals surface area contributed by atoms with Crippen LogP contribution in [-0.2, 0) is 0 Å². The van der Waals surface area contributed by atoms with Crippen LogP contribution in [0.4, 0.5) is 0 Å². The first-order valence-corrected chi connectivity index (χ1v) is 9.51. The van der Waals surface area contributed by atoms with Gasteiger partial charge in [0.15, 0.2) is 17.2 Å². The number of benzene rings is 2. The van der Waals surface area contributed by atoms with E-state index in [2.05, 4.69) is 10.5 Å². The normalized spacial score (nSPS) is 10.8. The number of hydrogen-bond donors (Lipinski definition) is 1. The van der Waals surface area contributed by atoms with Crippen molar-refractivity contribution in [2.45, 2.75) is 20.3 Å². The van der Waals surface area contributed by atoms with Crippen LogP contribution in [0.25, 0.3) is 0 Å². The molecule has 150 valence electrons. The van der Waals surface area contributed by atoms with E-state index in [4.69, 9.17) is 37.4 Å². The highest BCUT2D eigenvalue weighted by Crippen LogP contribution is 2.34. The molecule has 0 heterocycles. The van der Waals surface area contributed by atoms with Gasteiger partial charge < -0.3 is 14.2 Å². The molecule has 0 spiro atoms. The van der Waals surface area contributed by atoms with Crippen LogP contribution in [0.5, 0.6) is 17.2 Å². The minimum absolute atomic E-state index is 0.380. The van der Waals surface area contributed by atoms with Crippen LogP contribution in [0.15, 0.2) is 35.4 Å². The average molecular weight is 425 g/mol. The molecule has 1 amide bonds. The van der Waals surface area contributed by atoms with E-state index in [0.717, 1.165) is 6.42 Å². The number of nitrogens with zero attached hydrogens (tertiary/aromatic N) is 1. The molecule has 0 radical (unpaired) electrons. The molecule has 0 aliphatic heterocycles. The molecule has 0 saturated carbocycles. The van der Waals surface area contributed by atoms with Crippen LogP contribution in [0, 0.1) is 0 Å². The highest BCUT2D eigenvalue weighted by Gasteiger charge is 2.11. The molecule has 6 nitrogen and oxygen atoms in total. The van der Waals surface area contributed by atoms with Crippen molar-refractivity contribution in [3.63, 3.8) is 0 Å². The second-order valence-corrected chi connectivity index (χ2v) is 6.47. The van der Waals surface area contributed by atoms with Gasteiger partial charge in [0.1, 0.15) is 0 Å². The number of methoxy groups -OCH3 is 1. The second kappa shape index (κ2) is 10.8. The molecule has 2 rings (SSSR count). The van der Waals surface area contributed by atoms with Gasteiger partial charge in [-0.2, -0.15) is 5.10 Å². The van der Waals surface area contributed by atoms with Gasteiger partial charge in [-0.3, -0.25) is 4.79 Å². The van der Waals surface area contributed by atoms with E-state index >= 15 is 0 Å². The number of carbonyl (C=O) groups excluding carboxylic acids is 1. The van der Waals surface area contributed by atoms with E-state index in [1.54, 1.807) is 30.3 Å². The number of rotatable bonds is 9. The van der Waals surface area contributed by atoms with Gasteiger partial charge in [0, 0.05) is 5.56 Å². The molecule has 1 N–H and O–H groups in total. The molecule has 2 aromatic rings. The van der Waals surface area contributed by atoms with Crippen LogP contribution in [0.3, 0.4) is 0 Å². The first-order chi connectivity index (χ1) is 13.5. The smallest absolute Gasteiger partial charge is 0.271 e. The third-order valence-electron chi connectivity index (χ3n) is 3.58. The Morgan fingerprint density at radius 3 is 2.43 bits per heavy atom. The lowest BCUT2D eigenvalue weighted by Crippen LogP contribution is -2.17. The zero-order valence-electron chi connectivity index (χ0n) is 15.9. The monoisotopic (exact) mass is 424 g/mol. The summed E-state index contributed by atoms with van der Waals surface area (Å²) in [6, 6.07) is 8.21. The molecular formula is C20H22Cl2N2O4. The molecule has 8 heteroatoms. The molecule has 0 aromatic heterocycles. The summed E-state index contributed by atoms with van der Waals surface area (Å²) in [6.45, 7) is 4.82. The Morgan fingerprint density at radius 2 is 1.82 bits per heavy atom. The third-order valence-corrected chi connectivity index (χ3v) is 4.14. The SMILES string of the molecule is CCCOc1c(Cl)cc(/C=N/NC(=O)c2ccc(OC)c(OCC)c2)cc1Cl.